The molecule has 2 aliphatic heterocycles. The zero-order chi connectivity index (χ0) is 7.14. The maximum absolute atomic E-state index is 5.47. The number of aliphatic imine (C=N–C) groups is 1. The van der Waals surface area contributed by atoms with Gasteiger partial charge in [-0.05, 0) is 6.08 Å². The summed E-state index contributed by atoms with van der Waals surface area (Å²) in [6.07, 6.45) is 3.63. The van der Waals surface area contributed by atoms with E-state index in [-0.39, 0.29) is 6.04 Å². The molecule has 0 bridgehead atoms. The van der Waals surface area contributed by atoms with Crippen LogP contribution in [0.3, 0.4) is 0 Å². The van der Waals surface area contributed by atoms with Crippen molar-refractivity contribution in [3.8, 4) is 0 Å². The highest BCUT2D eigenvalue weighted by molar-refractivity contribution is 5.95. The predicted octanol–water partition coefficient (Wildman–Crippen LogP) is -0.987. The number of nitrogens with zero attached hydrogens (tertiary/aromatic N) is 1. The van der Waals surface area contributed by atoms with Gasteiger partial charge in [-0.15, -0.1) is 0 Å². The molecule has 0 radical (unpaired) electrons. The Kier molecular flexibility index (Phi) is 0.818. The van der Waals surface area contributed by atoms with E-state index in [1.807, 2.05) is 6.08 Å². The third-order valence-corrected chi connectivity index (χ3v) is 1.54. The minimum Gasteiger partial charge on any atom is -0.385 e. The smallest absolute Gasteiger partial charge is 0.121 e. The van der Waals surface area contributed by atoms with E-state index in [0.29, 0.717) is 11.7 Å². The van der Waals surface area contributed by atoms with Crippen LogP contribution in [0.2, 0.25) is 0 Å². The normalized spacial score (nSPS) is 28.4. The zero-order valence-corrected chi connectivity index (χ0v) is 5.33. The first-order valence-corrected chi connectivity index (χ1v) is 3.05. The van der Waals surface area contributed by atoms with E-state index < -0.39 is 0 Å². The maximum atomic E-state index is 5.47. The standard InChI is InChI=1S/C6H8N4/c7-5-1-3-4(10-5)2-6(8)9-3/h1-3,10H,7H2,(H2,8,9). The third-order valence-electron chi connectivity index (χ3n) is 1.54. The van der Waals surface area contributed by atoms with Crippen LogP contribution >= 0.6 is 0 Å². The molecule has 1 atom stereocenters. The lowest BCUT2D eigenvalue weighted by molar-refractivity contribution is 0.922. The molecule has 52 valence electrons. The van der Waals surface area contributed by atoms with E-state index in [1.54, 1.807) is 6.08 Å². The van der Waals surface area contributed by atoms with Gasteiger partial charge in [0.2, 0.25) is 0 Å². The van der Waals surface area contributed by atoms with Crippen molar-refractivity contribution in [1.82, 2.24) is 5.32 Å². The molecule has 0 saturated heterocycles. The van der Waals surface area contributed by atoms with Crippen molar-refractivity contribution in [2.24, 2.45) is 16.5 Å². The second kappa shape index (κ2) is 1.53. The number of hydrogen-bond donors (Lipinski definition) is 3. The topological polar surface area (TPSA) is 76.4 Å². The van der Waals surface area contributed by atoms with Gasteiger partial charge in [0.15, 0.2) is 0 Å². The van der Waals surface area contributed by atoms with E-state index in [1.165, 1.54) is 0 Å². The molecule has 0 saturated carbocycles. The van der Waals surface area contributed by atoms with Gasteiger partial charge >= 0.3 is 0 Å². The lowest BCUT2D eigenvalue weighted by Gasteiger charge is -1.97. The number of amidine groups is 1. The molecule has 0 spiro atoms. The first-order valence-electron chi connectivity index (χ1n) is 3.05. The lowest BCUT2D eigenvalue weighted by atomic mass is 10.3. The molecule has 0 aliphatic carbocycles. The highest BCUT2D eigenvalue weighted by Crippen LogP contribution is 2.18. The number of fused-ring (bicyclic) bond motifs is 1. The van der Waals surface area contributed by atoms with Gasteiger partial charge in [0, 0.05) is 11.8 Å². The second-order valence-electron chi connectivity index (χ2n) is 2.35. The van der Waals surface area contributed by atoms with Gasteiger partial charge < -0.3 is 16.8 Å². The number of hydrogen-bond acceptors (Lipinski definition) is 4. The van der Waals surface area contributed by atoms with Crippen LogP contribution in [0.5, 0.6) is 0 Å². The van der Waals surface area contributed by atoms with Gasteiger partial charge in [-0.2, -0.15) is 0 Å². The summed E-state index contributed by atoms with van der Waals surface area (Å²) in [6.45, 7) is 0. The molecule has 1 unspecified atom stereocenters. The Morgan fingerprint density at radius 3 is 3.00 bits per heavy atom. The summed E-state index contributed by atoms with van der Waals surface area (Å²) in [5, 5.41) is 2.95. The van der Waals surface area contributed by atoms with Crippen LogP contribution < -0.4 is 16.8 Å². The summed E-state index contributed by atoms with van der Waals surface area (Å²) in [4.78, 5) is 4.08. The molecular weight excluding hydrogens is 128 g/mol. The molecule has 0 aromatic rings. The van der Waals surface area contributed by atoms with Crippen molar-refractivity contribution in [3.63, 3.8) is 0 Å². The molecule has 0 aromatic heterocycles. The van der Waals surface area contributed by atoms with Crippen LogP contribution in [-0.2, 0) is 0 Å². The second-order valence-corrected chi connectivity index (χ2v) is 2.35. The quantitative estimate of drug-likeness (QED) is 0.400. The molecule has 2 rings (SSSR count). The Morgan fingerprint density at radius 1 is 1.50 bits per heavy atom. The van der Waals surface area contributed by atoms with Crippen molar-refractivity contribution < 1.29 is 0 Å². The van der Waals surface area contributed by atoms with E-state index in [2.05, 4.69) is 10.3 Å². The van der Waals surface area contributed by atoms with Gasteiger partial charge in [-0.25, -0.2) is 0 Å². The Hall–Kier alpha value is -1.45. The summed E-state index contributed by atoms with van der Waals surface area (Å²) >= 11 is 0. The average Bonchev–Trinajstić information content (AvgIpc) is 2.21. The van der Waals surface area contributed by atoms with Crippen LogP contribution in [0.15, 0.2) is 28.7 Å². The average molecular weight is 136 g/mol. The summed E-state index contributed by atoms with van der Waals surface area (Å²) in [7, 11) is 0. The molecule has 4 nitrogen and oxygen atoms in total. The lowest BCUT2D eigenvalue weighted by Crippen LogP contribution is -2.15. The summed E-state index contributed by atoms with van der Waals surface area (Å²) in [5.74, 6) is 1.23. The molecule has 0 fully saturated rings. The maximum Gasteiger partial charge on any atom is 0.121 e. The molecule has 2 aliphatic rings. The van der Waals surface area contributed by atoms with Crippen molar-refractivity contribution in [3.05, 3.63) is 23.7 Å². The van der Waals surface area contributed by atoms with Crippen LogP contribution in [-0.4, -0.2) is 11.9 Å². The summed E-state index contributed by atoms with van der Waals surface area (Å²) < 4.78 is 0. The highest BCUT2D eigenvalue weighted by Gasteiger charge is 2.22. The van der Waals surface area contributed by atoms with E-state index >= 15 is 0 Å². The van der Waals surface area contributed by atoms with Crippen molar-refractivity contribution in [2.75, 3.05) is 0 Å². The SMILES string of the molecule is NC1=CC2N=C(N)C=C2N1. The molecule has 5 N–H and O–H groups in total. The summed E-state index contributed by atoms with van der Waals surface area (Å²) in [5.41, 5.74) is 11.9. The number of nitrogens with one attached hydrogen (secondary N) is 1. The van der Waals surface area contributed by atoms with Gasteiger partial charge in [0.1, 0.15) is 11.9 Å². The Labute approximate surface area is 58.3 Å². The van der Waals surface area contributed by atoms with Gasteiger partial charge in [-0.3, -0.25) is 4.99 Å². The van der Waals surface area contributed by atoms with E-state index in [9.17, 15) is 0 Å². The number of nitrogens with two attached hydrogens (primary N) is 2. The fraction of sp³-hybridized carbons (Fsp3) is 0.167. The van der Waals surface area contributed by atoms with Crippen molar-refractivity contribution in [2.45, 2.75) is 6.04 Å². The first-order chi connectivity index (χ1) is 4.75. The third kappa shape index (κ3) is 0.586. The summed E-state index contributed by atoms with van der Waals surface area (Å²) in [6, 6.07) is 0.0556. The van der Waals surface area contributed by atoms with Crippen molar-refractivity contribution in [1.29, 1.82) is 0 Å². The molecule has 4 heteroatoms. The van der Waals surface area contributed by atoms with Crippen molar-refractivity contribution >= 4 is 5.84 Å². The Bertz CT molecular complexity index is 261. The number of rotatable bonds is 0. The molecule has 2 heterocycles. The zero-order valence-electron chi connectivity index (χ0n) is 5.33. The van der Waals surface area contributed by atoms with Crippen LogP contribution in [0.25, 0.3) is 0 Å². The van der Waals surface area contributed by atoms with Crippen LogP contribution in [0.1, 0.15) is 0 Å². The van der Waals surface area contributed by atoms with Crippen LogP contribution in [0.4, 0.5) is 0 Å². The Balaban J connectivity index is 2.34. The van der Waals surface area contributed by atoms with Gasteiger partial charge in [-0.1, -0.05) is 0 Å². The molecule has 0 aromatic carbocycles. The van der Waals surface area contributed by atoms with E-state index in [4.69, 9.17) is 11.5 Å². The fourth-order valence-corrected chi connectivity index (χ4v) is 1.13. The monoisotopic (exact) mass is 136 g/mol. The fourth-order valence-electron chi connectivity index (χ4n) is 1.13. The highest BCUT2D eigenvalue weighted by atomic mass is 15.1. The minimum atomic E-state index is 0.0556. The van der Waals surface area contributed by atoms with Gasteiger partial charge in [0.25, 0.3) is 0 Å². The minimum absolute atomic E-state index is 0.0556. The van der Waals surface area contributed by atoms with E-state index in [0.717, 1.165) is 5.70 Å². The predicted molar refractivity (Wildman–Crippen MR) is 38.9 cm³/mol. The molecule has 10 heavy (non-hydrogen) atoms. The molecular formula is C6H8N4. The van der Waals surface area contributed by atoms with Gasteiger partial charge in [0.05, 0.1) is 5.82 Å². The first kappa shape index (κ1) is 5.34. The molecule has 0 amide bonds. The van der Waals surface area contributed by atoms with Crippen LogP contribution in [0, 0.1) is 0 Å². The Morgan fingerprint density at radius 2 is 2.30 bits per heavy atom. The largest absolute Gasteiger partial charge is 0.385 e.